The molecule has 2 heterocycles. The molecule has 0 atom stereocenters. The molecule has 0 aliphatic rings. The highest BCUT2D eigenvalue weighted by Crippen LogP contribution is 2.27. The molecule has 0 radical (unpaired) electrons. The quantitative estimate of drug-likeness (QED) is 0.393. The number of aromatic nitrogens is 1. The summed E-state index contributed by atoms with van der Waals surface area (Å²) in [5.74, 6) is -0.153. The molecule has 3 rings (SSSR count). The smallest absolute Gasteiger partial charge is 0.331 e. The molecule has 0 saturated heterocycles. The molecule has 0 unspecified atom stereocenters. The lowest BCUT2D eigenvalue weighted by atomic mass is 10.2. The minimum Gasteiger partial charge on any atom is -0.467 e. The van der Waals surface area contributed by atoms with E-state index in [2.05, 4.69) is 27.3 Å². The lowest BCUT2D eigenvalue weighted by molar-refractivity contribution is -0.142. The van der Waals surface area contributed by atoms with E-state index < -0.39 is 18.5 Å². The predicted molar refractivity (Wildman–Crippen MR) is 119 cm³/mol. The van der Waals surface area contributed by atoms with Crippen molar-refractivity contribution >= 4 is 39.7 Å². The number of nitrogens with zero attached hydrogens (tertiary/aromatic N) is 2. The number of nitrogens with one attached hydrogen (secondary N) is 1. The van der Waals surface area contributed by atoms with Crippen LogP contribution in [0.25, 0.3) is 6.08 Å². The predicted octanol–water partition coefficient (Wildman–Crippen LogP) is 4.58. The van der Waals surface area contributed by atoms with Crippen molar-refractivity contribution in [2.24, 2.45) is 0 Å². The van der Waals surface area contributed by atoms with E-state index in [1.807, 2.05) is 44.2 Å². The standard InChI is InChI=1S/C23H20BrN3O4/c1-15-16(2)27(13-19-4-3-11-30-19)23(20(15)12-25)26-21(28)14-31-22(29)10-7-17-5-8-18(24)9-6-17/h3-11H,13-14H2,1-2H3,(H,26,28)/b10-7+. The highest BCUT2D eigenvalue weighted by Gasteiger charge is 2.20. The number of hydrogen-bond acceptors (Lipinski definition) is 5. The van der Waals surface area contributed by atoms with Crippen molar-refractivity contribution in [3.05, 3.63) is 81.4 Å². The van der Waals surface area contributed by atoms with E-state index in [1.54, 1.807) is 23.0 Å². The molecular formula is C23H20BrN3O4. The van der Waals surface area contributed by atoms with E-state index in [0.717, 1.165) is 21.3 Å². The summed E-state index contributed by atoms with van der Waals surface area (Å²) in [7, 11) is 0. The largest absolute Gasteiger partial charge is 0.467 e. The Balaban J connectivity index is 1.66. The fourth-order valence-corrected chi connectivity index (χ4v) is 3.24. The van der Waals surface area contributed by atoms with E-state index in [9.17, 15) is 14.9 Å². The van der Waals surface area contributed by atoms with Gasteiger partial charge in [0.05, 0.1) is 18.4 Å². The summed E-state index contributed by atoms with van der Waals surface area (Å²) >= 11 is 3.34. The van der Waals surface area contributed by atoms with Crippen molar-refractivity contribution < 1.29 is 18.7 Å². The Morgan fingerprint density at radius 1 is 1.26 bits per heavy atom. The number of halogens is 1. The summed E-state index contributed by atoms with van der Waals surface area (Å²) in [5, 5.41) is 12.2. The number of benzene rings is 1. The minimum absolute atomic E-state index is 0.348. The van der Waals surface area contributed by atoms with Crippen LogP contribution in [-0.4, -0.2) is 23.1 Å². The lowest BCUT2D eigenvalue weighted by Crippen LogP contribution is -2.22. The van der Waals surface area contributed by atoms with E-state index in [-0.39, 0.29) is 0 Å². The molecule has 8 heteroatoms. The summed E-state index contributed by atoms with van der Waals surface area (Å²) < 4.78 is 13.1. The van der Waals surface area contributed by atoms with Crippen molar-refractivity contribution in [3.8, 4) is 6.07 Å². The Labute approximate surface area is 188 Å². The van der Waals surface area contributed by atoms with Gasteiger partial charge in [0.15, 0.2) is 6.61 Å². The van der Waals surface area contributed by atoms with Gasteiger partial charge in [0.2, 0.25) is 0 Å². The molecule has 0 spiro atoms. The minimum atomic E-state index is -0.642. The van der Waals surface area contributed by atoms with E-state index >= 15 is 0 Å². The van der Waals surface area contributed by atoms with Gasteiger partial charge in [-0.1, -0.05) is 28.1 Å². The van der Waals surface area contributed by atoms with Gasteiger partial charge in [-0.25, -0.2) is 4.79 Å². The highest BCUT2D eigenvalue weighted by atomic mass is 79.9. The summed E-state index contributed by atoms with van der Waals surface area (Å²) in [5.41, 5.74) is 2.78. The fraction of sp³-hybridized carbons (Fsp3) is 0.174. The first-order valence-electron chi connectivity index (χ1n) is 9.41. The second-order valence-corrected chi connectivity index (χ2v) is 7.67. The number of amides is 1. The normalized spacial score (nSPS) is 10.8. The maximum Gasteiger partial charge on any atom is 0.331 e. The average molecular weight is 482 g/mol. The zero-order valence-corrected chi connectivity index (χ0v) is 18.6. The van der Waals surface area contributed by atoms with Crippen LogP contribution < -0.4 is 5.32 Å². The van der Waals surface area contributed by atoms with Crippen LogP contribution in [0.2, 0.25) is 0 Å². The number of furan rings is 1. The lowest BCUT2D eigenvalue weighted by Gasteiger charge is -2.12. The van der Waals surface area contributed by atoms with Gasteiger partial charge in [-0.05, 0) is 55.3 Å². The van der Waals surface area contributed by atoms with Gasteiger partial charge < -0.3 is 19.0 Å². The summed E-state index contributed by atoms with van der Waals surface area (Å²) in [6, 6.07) is 13.1. The Kier molecular flexibility index (Phi) is 7.11. The van der Waals surface area contributed by atoms with Crippen molar-refractivity contribution in [1.29, 1.82) is 5.26 Å². The third-order valence-corrected chi connectivity index (χ3v) is 5.25. The van der Waals surface area contributed by atoms with Crippen molar-refractivity contribution in [2.45, 2.75) is 20.4 Å². The van der Waals surface area contributed by atoms with Crippen LogP contribution in [0.1, 0.15) is 28.1 Å². The van der Waals surface area contributed by atoms with E-state index in [4.69, 9.17) is 9.15 Å². The maximum absolute atomic E-state index is 12.4. The van der Waals surface area contributed by atoms with Crippen molar-refractivity contribution in [1.82, 2.24) is 4.57 Å². The molecule has 3 aromatic rings. The molecule has 0 aliphatic carbocycles. The molecule has 0 fully saturated rings. The Bertz CT molecular complexity index is 1150. The van der Waals surface area contributed by atoms with E-state index in [1.165, 1.54) is 6.08 Å². The van der Waals surface area contributed by atoms with Gasteiger partial charge >= 0.3 is 5.97 Å². The Morgan fingerprint density at radius 2 is 2.00 bits per heavy atom. The third kappa shape index (κ3) is 5.53. The SMILES string of the molecule is Cc1c(C#N)c(NC(=O)COC(=O)/C=C/c2ccc(Br)cc2)n(Cc2ccco2)c1C. The van der Waals surface area contributed by atoms with E-state index in [0.29, 0.717) is 23.7 Å². The fourth-order valence-electron chi connectivity index (χ4n) is 2.98. The molecule has 1 N–H and O–H groups in total. The summed E-state index contributed by atoms with van der Waals surface area (Å²) in [4.78, 5) is 24.3. The first-order valence-corrected chi connectivity index (χ1v) is 10.2. The molecule has 158 valence electrons. The second kappa shape index (κ2) is 9.96. The number of carbonyl (C=O) groups is 2. The molecule has 7 nitrogen and oxygen atoms in total. The van der Waals surface area contributed by atoms with Crippen LogP contribution in [0.4, 0.5) is 5.82 Å². The number of hydrogen-bond donors (Lipinski definition) is 1. The molecule has 0 aliphatic heterocycles. The molecular weight excluding hydrogens is 462 g/mol. The van der Waals surface area contributed by atoms with Crippen LogP contribution in [0.3, 0.4) is 0 Å². The monoisotopic (exact) mass is 481 g/mol. The number of nitriles is 1. The number of anilines is 1. The third-order valence-electron chi connectivity index (χ3n) is 4.72. The molecule has 31 heavy (non-hydrogen) atoms. The Hall–Kier alpha value is -3.57. The van der Waals surface area contributed by atoms with Gasteiger partial charge in [0.1, 0.15) is 17.6 Å². The summed E-state index contributed by atoms with van der Waals surface area (Å²) in [6.45, 7) is 3.56. The Morgan fingerprint density at radius 3 is 2.65 bits per heavy atom. The number of ether oxygens (including phenoxy) is 1. The van der Waals surface area contributed by atoms with Crippen LogP contribution in [0, 0.1) is 25.2 Å². The molecule has 1 aromatic carbocycles. The average Bonchev–Trinajstić information content (AvgIpc) is 3.35. The van der Waals surface area contributed by atoms with Gasteiger partial charge in [0, 0.05) is 16.2 Å². The topological polar surface area (TPSA) is 97.3 Å². The van der Waals surface area contributed by atoms with Crippen LogP contribution >= 0.6 is 15.9 Å². The van der Waals surface area contributed by atoms with Crippen LogP contribution in [-0.2, 0) is 20.9 Å². The van der Waals surface area contributed by atoms with Gasteiger partial charge in [-0.3, -0.25) is 4.79 Å². The maximum atomic E-state index is 12.4. The van der Waals surface area contributed by atoms with Crippen molar-refractivity contribution in [2.75, 3.05) is 11.9 Å². The molecule has 0 bridgehead atoms. The molecule has 2 aromatic heterocycles. The van der Waals surface area contributed by atoms with Crippen LogP contribution in [0.15, 0.2) is 57.6 Å². The first-order chi connectivity index (χ1) is 14.9. The first kappa shape index (κ1) is 22.1. The highest BCUT2D eigenvalue weighted by molar-refractivity contribution is 9.10. The molecule has 1 amide bonds. The van der Waals surface area contributed by atoms with Crippen LogP contribution in [0.5, 0.6) is 0 Å². The zero-order valence-electron chi connectivity index (χ0n) is 17.0. The second-order valence-electron chi connectivity index (χ2n) is 6.75. The zero-order chi connectivity index (χ0) is 22.4. The van der Waals surface area contributed by atoms with Crippen molar-refractivity contribution in [3.63, 3.8) is 0 Å². The van der Waals surface area contributed by atoms with Gasteiger partial charge in [0.25, 0.3) is 5.91 Å². The summed E-state index contributed by atoms with van der Waals surface area (Å²) in [6.07, 6.45) is 4.42. The van der Waals surface area contributed by atoms with Gasteiger partial charge in [-0.15, -0.1) is 0 Å². The number of esters is 1. The number of carbonyl (C=O) groups excluding carboxylic acids is 2. The molecule has 0 saturated carbocycles. The number of rotatable bonds is 7. The van der Waals surface area contributed by atoms with Gasteiger partial charge in [-0.2, -0.15) is 5.26 Å².